The summed E-state index contributed by atoms with van der Waals surface area (Å²) in [6.07, 6.45) is 4.12. The molecule has 10 heteroatoms. The average molecular weight is 481 g/mol. The molecule has 8 nitrogen and oxygen atoms in total. The Balaban J connectivity index is 1.48. The van der Waals surface area contributed by atoms with Crippen LogP contribution in [0.25, 0.3) is 11.7 Å². The SMILES string of the molecule is CCCNc1nc2ccccn2c(=O)c1C=C1SC(=S)N(Cc2ccc3c(c2)OCO3)C1=O. The number of thiocarbonyl (C=S) groups is 1. The summed E-state index contributed by atoms with van der Waals surface area (Å²) in [5, 5.41) is 3.21. The van der Waals surface area contributed by atoms with Crippen LogP contribution in [0.15, 0.2) is 52.3 Å². The Morgan fingerprint density at radius 3 is 2.91 bits per heavy atom. The van der Waals surface area contributed by atoms with E-state index < -0.39 is 0 Å². The summed E-state index contributed by atoms with van der Waals surface area (Å²) in [5.74, 6) is 1.53. The van der Waals surface area contributed by atoms with Gasteiger partial charge in [0.2, 0.25) is 6.79 Å². The van der Waals surface area contributed by atoms with Gasteiger partial charge in [-0.15, -0.1) is 0 Å². The van der Waals surface area contributed by atoms with Crippen molar-refractivity contribution in [1.82, 2.24) is 14.3 Å². The molecule has 33 heavy (non-hydrogen) atoms. The van der Waals surface area contributed by atoms with Crippen molar-refractivity contribution in [3.8, 4) is 11.5 Å². The molecule has 1 aromatic carbocycles. The van der Waals surface area contributed by atoms with E-state index in [1.165, 1.54) is 21.1 Å². The molecule has 2 aromatic heterocycles. The number of aromatic nitrogens is 2. The van der Waals surface area contributed by atoms with Gasteiger partial charge in [-0.2, -0.15) is 0 Å². The number of hydrogen-bond donors (Lipinski definition) is 1. The van der Waals surface area contributed by atoms with Crippen molar-refractivity contribution in [1.29, 1.82) is 0 Å². The lowest BCUT2D eigenvalue weighted by molar-refractivity contribution is -0.122. The Hall–Kier alpha value is -3.37. The van der Waals surface area contributed by atoms with Gasteiger partial charge in [-0.25, -0.2) is 4.98 Å². The van der Waals surface area contributed by atoms with E-state index in [2.05, 4.69) is 10.3 Å². The predicted molar refractivity (Wildman–Crippen MR) is 132 cm³/mol. The number of fused-ring (bicyclic) bond motifs is 2. The average Bonchev–Trinajstić information content (AvgIpc) is 3.39. The van der Waals surface area contributed by atoms with Crippen molar-refractivity contribution in [2.24, 2.45) is 0 Å². The first kappa shape index (κ1) is 21.5. The fourth-order valence-corrected chi connectivity index (χ4v) is 4.84. The molecular weight excluding hydrogens is 460 g/mol. The summed E-state index contributed by atoms with van der Waals surface area (Å²) in [4.78, 5) is 32.9. The highest BCUT2D eigenvalue weighted by Crippen LogP contribution is 2.36. The maximum absolute atomic E-state index is 13.2. The van der Waals surface area contributed by atoms with Crippen molar-refractivity contribution in [2.45, 2.75) is 19.9 Å². The number of rotatable bonds is 6. The van der Waals surface area contributed by atoms with Crippen LogP contribution in [0.1, 0.15) is 24.5 Å². The highest BCUT2D eigenvalue weighted by atomic mass is 32.2. The number of nitrogens with zero attached hydrogens (tertiary/aromatic N) is 3. The summed E-state index contributed by atoms with van der Waals surface area (Å²) < 4.78 is 12.7. The highest BCUT2D eigenvalue weighted by molar-refractivity contribution is 8.26. The first-order chi connectivity index (χ1) is 16.0. The van der Waals surface area contributed by atoms with Crippen LogP contribution in [0.5, 0.6) is 11.5 Å². The number of benzene rings is 1. The van der Waals surface area contributed by atoms with Crippen molar-refractivity contribution in [3.05, 3.63) is 69.0 Å². The molecule has 0 radical (unpaired) electrons. The van der Waals surface area contributed by atoms with Crippen LogP contribution in [-0.4, -0.2) is 37.8 Å². The second-order valence-electron chi connectivity index (χ2n) is 7.49. The second-order valence-corrected chi connectivity index (χ2v) is 9.17. The molecule has 1 fully saturated rings. The van der Waals surface area contributed by atoms with E-state index >= 15 is 0 Å². The number of hydrogen-bond acceptors (Lipinski definition) is 8. The molecule has 1 amide bonds. The monoisotopic (exact) mass is 480 g/mol. The topological polar surface area (TPSA) is 85.2 Å². The summed E-state index contributed by atoms with van der Waals surface area (Å²) in [6, 6.07) is 10.9. The zero-order chi connectivity index (χ0) is 22.9. The van der Waals surface area contributed by atoms with Gasteiger partial charge in [-0.1, -0.05) is 43.0 Å². The van der Waals surface area contributed by atoms with Crippen LogP contribution < -0.4 is 20.3 Å². The number of amides is 1. The van der Waals surface area contributed by atoms with Crippen LogP contribution in [0.3, 0.4) is 0 Å². The minimum absolute atomic E-state index is 0.187. The first-order valence-electron chi connectivity index (χ1n) is 10.4. The lowest BCUT2D eigenvalue weighted by Crippen LogP contribution is -2.27. The van der Waals surface area contributed by atoms with Gasteiger partial charge in [-0.05, 0) is 42.3 Å². The van der Waals surface area contributed by atoms with Gasteiger partial charge in [0.1, 0.15) is 15.8 Å². The van der Waals surface area contributed by atoms with E-state index in [9.17, 15) is 9.59 Å². The van der Waals surface area contributed by atoms with Crippen LogP contribution in [0.4, 0.5) is 5.82 Å². The van der Waals surface area contributed by atoms with Gasteiger partial charge >= 0.3 is 0 Å². The third kappa shape index (κ3) is 4.07. The van der Waals surface area contributed by atoms with Gasteiger partial charge in [-0.3, -0.25) is 18.9 Å². The molecule has 4 heterocycles. The predicted octanol–water partition coefficient (Wildman–Crippen LogP) is 3.65. The van der Waals surface area contributed by atoms with Crippen LogP contribution in [0.2, 0.25) is 0 Å². The number of pyridine rings is 1. The molecule has 1 N–H and O–H groups in total. The lowest BCUT2D eigenvalue weighted by Gasteiger charge is -2.14. The molecular formula is C23H20N4O4S2. The number of anilines is 1. The Morgan fingerprint density at radius 2 is 2.06 bits per heavy atom. The largest absolute Gasteiger partial charge is 0.454 e. The molecule has 0 saturated carbocycles. The van der Waals surface area contributed by atoms with Gasteiger partial charge < -0.3 is 14.8 Å². The molecule has 5 rings (SSSR count). The minimum atomic E-state index is -0.250. The Bertz CT molecular complexity index is 1370. The molecule has 2 aliphatic heterocycles. The smallest absolute Gasteiger partial charge is 0.267 e. The van der Waals surface area contributed by atoms with Crippen molar-refractivity contribution in [3.63, 3.8) is 0 Å². The Labute approximate surface area is 199 Å². The van der Waals surface area contributed by atoms with E-state index in [0.717, 1.165) is 12.0 Å². The first-order valence-corrected chi connectivity index (χ1v) is 11.7. The fraction of sp³-hybridized carbons (Fsp3) is 0.217. The summed E-state index contributed by atoms with van der Waals surface area (Å²) in [6.45, 7) is 3.17. The van der Waals surface area contributed by atoms with Crippen molar-refractivity contribution in [2.75, 3.05) is 18.7 Å². The molecule has 0 atom stereocenters. The Morgan fingerprint density at radius 1 is 1.21 bits per heavy atom. The van der Waals surface area contributed by atoms with Crippen molar-refractivity contribution < 1.29 is 14.3 Å². The molecule has 168 valence electrons. The molecule has 1 saturated heterocycles. The van der Waals surface area contributed by atoms with Gasteiger partial charge in [0.05, 0.1) is 17.0 Å². The number of thioether (sulfide) groups is 1. The number of carbonyl (C=O) groups excluding carboxylic acids is 1. The molecule has 0 bridgehead atoms. The number of carbonyl (C=O) groups is 1. The van der Waals surface area contributed by atoms with Gasteiger partial charge in [0, 0.05) is 12.7 Å². The Kier molecular flexibility index (Phi) is 5.77. The normalized spacial score (nSPS) is 16.3. The second kappa shape index (κ2) is 8.87. The third-order valence-electron chi connectivity index (χ3n) is 5.24. The molecule has 0 aliphatic carbocycles. The van der Waals surface area contributed by atoms with Gasteiger partial charge in [0.15, 0.2) is 11.5 Å². The van der Waals surface area contributed by atoms with Crippen molar-refractivity contribution >= 4 is 51.7 Å². The maximum atomic E-state index is 13.2. The van der Waals surface area contributed by atoms with Gasteiger partial charge in [0.25, 0.3) is 11.5 Å². The molecule has 0 spiro atoms. The summed E-state index contributed by atoms with van der Waals surface area (Å²) in [5.41, 5.74) is 1.49. The minimum Gasteiger partial charge on any atom is -0.454 e. The zero-order valence-electron chi connectivity index (χ0n) is 17.7. The maximum Gasteiger partial charge on any atom is 0.267 e. The summed E-state index contributed by atoms with van der Waals surface area (Å²) in [7, 11) is 0. The van der Waals surface area contributed by atoms with E-state index in [-0.39, 0.29) is 18.3 Å². The number of ether oxygens (including phenoxy) is 2. The van der Waals surface area contributed by atoms with Crippen LogP contribution >= 0.6 is 24.0 Å². The van der Waals surface area contributed by atoms with Crippen LogP contribution in [-0.2, 0) is 11.3 Å². The fourth-order valence-electron chi connectivity index (χ4n) is 3.60. The number of nitrogens with one attached hydrogen (secondary N) is 1. The van der Waals surface area contributed by atoms with Crippen LogP contribution in [0, 0.1) is 0 Å². The highest BCUT2D eigenvalue weighted by Gasteiger charge is 2.33. The molecule has 2 aliphatic rings. The quantitative estimate of drug-likeness (QED) is 0.423. The third-order valence-corrected chi connectivity index (χ3v) is 6.62. The molecule has 3 aromatic rings. The summed E-state index contributed by atoms with van der Waals surface area (Å²) >= 11 is 6.66. The lowest BCUT2D eigenvalue weighted by atomic mass is 10.2. The zero-order valence-corrected chi connectivity index (χ0v) is 19.4. The van der Waals surface area contributed by atoms with E-state index in [4.69, 9.17) is 21.7 Å². The van der Waals surface area contributed by atoms with E-state index in [1.54, 1.807) is 24.4 Å². The molecule has 0 unspecified atom stereocenters. The standard InChI is InChI=1S/C23H20N4O4S2/c1-2-8-24-20-15(21(28)26-9-4-3-5-19(26)25-20)11-18-22(29)27(23(32)33-18)12-14-6-7-16-17(10-14)31-13-30-16/h3-7,9-11,24H,2,8,12-13H2,1H3. The van der Waals surface area contributed by atoms with E-state index in [1.807, 2.05) is 31.2 Å². The van der Waals surface area contributed by atoms with E-state index in [0.29, 0.717) is 50.8 Å².